The molecule has 3 nitrogen and oxygen atoms in total. The van der Waals surface area contributed by atoms with Gasteiger partial charge in [0.25, 0.3) is 0 Å². The summed E-state index contributed by atoms with van der Waals surface area (Å²) in [5, 5.41) is 0. The van der Waals surface area contributed by atoms with Gasteiger partial charge < -0.3 is 4.74 Å². The number of carbonyl (C=O) groups is 1. The Morgan fingerprint density at radius 2 is 2.60 bits per heavy atom. The Labute approximate surface area is 89.0 Å². The highest BCUT2D eigenvalue weighted by Gasteiger charge is 2.24. The van der Waals surface area contributed by atoms with Crippen molar-refractivity contribution in [2.24, 2.45) is 0 Å². The molecule has 0 saturated carbocycles. The molecule has 1 radical (unpaired) electrons. The standard InChI is InChI=1S/C12H12NO2/c1-2-9-15-12(14)13-8-7-10-5-3-4-6-11(10)13/h2,4-6H,1,7-9H2. The van der Waals surface area contributed by atoms with E-state index in [1.54, 1.807) is 17.0 Å². The van der Waals surface area contributed by atoms with Crippen molar-refractivity contribution in [3.63, 3.8) is 0 Å². The average molecular weight is 202 g/mol. The van der Waals surface area contributed by atoms with Crippen LogP contribution in [0.25, 0.3) is 0 Å². The monoisotopic (exact) mass is 202 g/mol. The summed E-state index contributed by atoms with van der Waals surface area (Å²) in [7, 11) is 0. The van der Waals surface area contributed by atoms with E-state index in [0.29, 0.717) is 6.54 Å². The van der Waals surface area contributed by atoms with E-state index in [0.717, 1.165) is 17.7 Å². The van der Waals surface area contributed by atoms with Crippen LogP contribution in [0, 0.1) is 6.07 Å². The summed E-state index contributed by atoms with van der Waals surface area (Å²) in [6.07, 6.45) is 2.13. The minimum absolute atomic E-state index is 0.254. The Bertz CT molecular complexity index is 387. The molecule has 0 aromatic heterocycles. The lowest BCUT2D eigenvalue weighted by Crippen LogP contribution is -2.29. The Hall–Kier alpha value is -1.77. The average Bonchev–Trinajstić information content (AvgIpc) is 2.69. The van der Waals surface area contributed by atoms with Gasteiger partial charge in [-0.2, -0.15) is 0 Å². The zero-order chi connectivity index (χ0) is 10.7. The number of anilines is 1. The molecule has 0 unspecified atom stereocenters. The molecule has 0 N–H and O–H groups in total. The van der Waals surface area contributed by atoms with Gasteiger partial charge in [-0.25, -0.2) is 4.79 Å². The van der Waals surface area contributed by atoms with Crippen LogP contribution < -0.4 is 4.90 Å². The number of carbonyl (C=O) groups excluding carboxylic acids is 1. The van der Waals surface area contributed by atoms with Crippen LogP contribution in [0.1, 0.15) is 5.56 Å². The molecule has 1 aromatic carbocycles. The second kappa shape index (κ2) is 4.17. The lowest BCUT2D eigenvalue weighted by atomic mass is 10.2. The highest BCUT2D eigenvalue weighted by atomic mass is 16.6. The van der Waals surface area contributed by atoms with Crippen molar-refractivity contribution in [2.75, 3.05) is 18.1 Å². The second-order valence-corrected chi connectivity index (χ2v) is 3.32. The Balaban J connectivity index is 2.13. The zero-order valence-electron chi connectivity index (χ0n) is 8.40. The predicted octanol–water partition coefficient (Wildman–Crippen LogP) is 2.17. The first-order valence-electron chi connectivity index (χ1n) is 4.87. The number of hydrogen-bond donors (Lipinski definition) is 0. The summed E-state index contributed by atoms with van der Waals surface area (Å²) in [5.41, 5.74) is 2.08. The molecule has 3 heteroatoms. The van der Waals surface area contributed by atoms with Gasteiger partial charge in [0.15, 0.2) is 0 Å². The molecule has 1 aromatic rings. The molecule has 1 amide bonds. The summed E-state index contributed by atoms with van der Waals surface area (Å²) in [6.45, 7) is 4.44. The third-order valence-electron chi connectivity index (χ3n) is 2.36. The van der Waals surface area contributed by atoms with Crippen molar-refractivity contribution in [3.05, 3.63) is 42.5 Å². The highest BCUT2D eigenvalue weighted by molar-refractivity contribution is 5.90. The van der Waals surface area contributed by atoms with Gasteiger partial charge in [0.1, 0.15) is 6.61 Å². The van der Waals surface area contributed by atoms with Crippen molar-refractivity contribution in [3.8, 4) is 0 Å². The molecule has 0 aliphatic carbocycles. The normalized spacial score (nSPS) is 13.5. The van der Waals surface area contributed by atoms with Gasteiger partial charge in [-0.15, -0.1) is 0 Å². The van der Waals surface area contributed by atoms with Crippen molar-refractivity contribution < 1.29 is 9.53 Å². The van der Waals surface area contributed by atoms with Crippen molar-refractivity contribution in [1.82, 2.24) is 0 Å². The summed E-state index contributed by atoms with van der Waals surface area (Å²) in [4.78, 5) is 13.3. The molecule has 1 aliphatic rings. The van der Waals surface area contributed by atoms with E-state index >= 15 is 0 Å². The molecule has 0 saturated heterocycles. The number of fused-ring (bicyclic) bond motifs is 1. The number of amides is 1. The number of benzene rings is 1. The quantitative estimate of drug-likeness (QED) is 0.688. The molecule has 1 heterocycles. The number of nitrogens with zero attached hydrogens (tertiary/aromatic N) is 1. The molecule has 0 spiro atoms. The summed E-state index contributed by atoms with van der Waals surface area (Å²) >= 11 is 0. The van der Waals surface area contributed by atoms with E-state index < -0.39 is 0 Å². The molecule has 1 aliphatic heterocycles. The van der Waals surface area contributed by atoms with Gasteiger partial charge in [0, 0.05) is 6.54 Å². The maximum atomic E-state index is 11.6. The van der Waals surface area contributed by atoms with Crippen LogP contribution in [0.4, 0.5) is 10.5 Å². The molecular weight excluding hydrogens is 190 g/mol. The fourth-order valence-corrected chi connectivity index (χ4v) is 1.67. The predicted molar refractivity (Wildman–Crippen MR) is 57.9 cm³/mol. The first-order valence-corrected chi connectivity index (χ1v) is 4.87. The number of ether oxygens (including phenoxy) is 1. The summed E-state index contributed by atoms with van der Waals surface area (Å²) < 4.78 is 4.99. The summed E-state index contributed by atoms with van der Waals surface area (Å²) in [6, 6.07) is 8.60. The van der Waals surface area contributed by atoms with Crippen LogP contribution in [-0.2, 0) is 11.2 Å². The van der Waals surface area contributed by atoms with E-state index in [4.69, 9.17) is 4.74 Å². The lowest BCUT2D eigenvalue weighted by molar-refractivity contribution is 0.166. The topological polar surface area (TPSA) is 29.5 Å². The summed E-state index contributed by atoms with van der Waals surface area (Å²) in [5.74, 6) is 0. The first-order chi connectivity index (χ1) is 7.33. The minimum Gasteiger partial charge on any atom is -0.445 e. The number of rotatable bonds is 2. The van der Waals surface area contributed by atoms with E-state index in [1.807, 2.05) is 12.1 Å². The first kappa shape index (κ1) is 9.77. The largest absolute Gasteiger partial charge is 0.445 e. The van der Waals surface area contributed by atoms with Crippen molar-refractivity contribution >= 4 is 11.8 Å². The van der Waals surface area contributed by atoms with Crippen LogP contribution in [0.3, 0.4) is 0 Å². The fraction of sp³-hybridized carbons (Fsp3) is 0.250. The Morgan fingerprint density at radius 1 is 1.73 bits per heavy atom. The zero-order valence-corrected chi connectivity index (χ0v) is 8.40. The van der Waals surface area contributed by atoms with Crippen molar-refractivity contribution in [1.29, 1.82) is 0 Å². The Morgan fingerprint density at radius 3 is 3.40 bits per heavy atom. The third-order valence-corrected chi connectivity index (χ3v) is 2.36. The second-order valence-electron chi connectivity index (χ2n) is 3.32. The number of hydrogen-bond acceptors (Lipinski definition) is 2. The smallest absolute Gasteiger partial charge is 0.414 e. The molecule has 15 heavy (non-hydrogen) atoms. The fourth-order valence-electron chi connectivity index (χ4n) is 1.67. The SMILES string of the molecule is C=CCOC(=O)N1CCc2c[c]ccc21. The maximum Gasteiger partial charge on any atom is 0.414 e. The van der Waals surface area contributed by atoms with Crippen molar-refractivity contribution in [2.45, 2.75) is 6.42 Å². The molecule has 0 bridgehead atoms. The molecule has 77 valence electrons. The van der Waals surface area contributed by atoms with Gasteiger partial charge in [-0.1, -0.05) is 18.7 Å². The van der Waals surface area contributed by atoms with E-state index in [-0.39, 0.29) is 12.7 Å². The molecule has 2 rings (SSSR count). The maximum absolute atomic E-state index is 11.6. The van der Waals surface area contributed by atoms with Gasteiger partial charge in [0.2, 0.25) is 0 Å². The minimum atomic E-state index is -0.306. The third kappa shape index (κ3) is 1.86. The molecular formula is C12H12NO2. The van der Waals surface area contributed by atoms with Crippen LogP contribution in [-0.4, -0.2) is 19.2 Å². The van der Waals surface area contributed by atoms with Crippen LogP contribution in [0.5, 0.6) is 0 Å². The van der Waals surface area contributed by atoms with E-state index in [9.17, 15) is 4.79 Å². The van der Waals surface area contributed by atoms with Gasteiger partial charge >= 0.3 is 6.09 Å². The molecule has 0 fully saturated rings. The van der Waals surface area contributed by atoms with E-state index in [2.05, 4.69) is 12.6 Å². The van der Waals surface area contributed by atoms with Gasteiger partial charge in [-0.05, 0) is 30.2 Å². The van der Waals surface area contributed by atoms with E-state index in [1.165, 1.54) is 0 Å². The van der Waals surface area contributed by atoms with Gasteiger partial charge in [0.05, 0.1) is 5.69 Å². The van der Waals surface area contributed by atoms with Crippen LogP contribution >= 0.6 is 0 Å². The lowest BCUT2D eigenvalue weighted by Gasteiger charge is -2.15. The highest BCUT2D eigenvalue weighted by Crippen LogP contribution is 2.27. The molecule has 0 atom stereocenters. The Kier molecular flexibility index (Phi) is 2.72. The van der Waals surface area contributed by atoms with Gasteiger partial charge in [-0.3, -0.25) is 4.90 Å². The van der Waals surface area contributed by atoms with Crippen LogP contribution in [0.15, 0.2) is 30.9 Å². The van der Waals surface area contributed by atoms with Crippen LogP contribution in [0.2, 0.25) is 0 Å².